The Labute approximate surface area is 116 Å². The predicted octanol–water partition coefficient (Wildman–Crippen LogP) is 4.09. The standard InChI is InChI=1S/C13H18BrNO3/c1-3-5-11(8-14)9-18-12-7-4-6-10(2)13(12)15(16)17/h4,6-7,11H,3,5,8-9H2,1-2H3. The Morgan fingerprint density at radius 2 is 2.22 bits per heavy atom. The molecule has 0 N–H and O–H groups in total. The van der Waals surface area contributed by atoms with Gasteiger partial charge in [0.2, 0.25) is 0 Å². The first kappa shape index (κ1) is 15.0. The largest absolute Gasteiger partial charge is 0.486 e. The van der Waals surface area contributed by atoms with Gasteiger partial charge in [0.1, 0.15) is 0 Å². The zero-order chi connectivity index (χ0) is 13.5. The highest BCUT2D eigenvalue weighted by Crippen LogP contribution is 2.30. The minimum atomic E-state index is -0.381. The van der Waals surface area contributed by atoms with Crippen LogP contribution in [0.4, 0.5) is 5.69 Å². The number of alkyl halides is 1. The lowest BCUT2D eigenvalue weighted by Gasteiger charge is -2.14. The number of nitrogens with zero attached hydrogens (tertiary/aromatic N) is 1. The number of halogens is 1. The molecule has 0 aliphatic rings. The molecule has 0 fully saturated rings. The van der Waals surface area contributed by atoms with Crippen LogP contribution in [0.2, 0.25) is 0 Å². The lowest BCUT2D eigenvalue weighted by Crippen LogP contribution is -2.14. The fourth-order valence-electron chi connectivity index (χ4n) is 1.80. The Balaban J connectivity index is 2.78. The highest BCUT2D eigenvalue weighted by atomic mass is 79.9. The van der Waals surface area contributed by atoms with Crippen molar-refractivity contribution in [2.24, 2.45) is 5.92 Å². The van der Waals surface area contributed by atoms with Gasteiger partial charge in [-0.1, -0.05) is 41.4 Å². The topological polar surface area (TPSA) is 52.4 Å². The van der Waals surface area contributed by atoms with E-state index in [-0.39, 0.29) is 10.6 Å². The molecule has 1 aromatic carbocycles. The monoisotopic (exact) mass is 315 g/mol. The summed E-state index contributed by atoms with van der Waals surface area (Å²) in [7, 11) is 0. The average molecular weight is 316 g/mol. The van der Waals surface area contributed by atoms with Crippen LogP contribution >= 0.6 is 15.9 Å². The normalized spacial score (nSPS) is 12.2. The van der Waals surface area contributed by atoms with Gasteiger partial charge < -0.3 is 4.74 Å². The second-order valence-corrected chi connectivity index (χ2v) is 4.95. The lowest BCUT2D eigenvalue weighted by atomic mass is 10.1. The van der Waals surface area contributed by atoms with Crippen LogP contribution in [0.1, 0.15) is 25.3 Å². The number of para-hydroxylation sites is 1. The maximum atomic E-state index is 11.0. The number of hydrogen-bond acceptors (Lipinski definition) is 3. The molecule has 1 aromatic rings. The van der Waals surface area contributed by atoms with Crippen molar-refractivity contribution >= 4 is 21.6 Å². The van der Waals surface area contributed by atoms with Crippen molar-refractivity contribution in [3.05, 3.63) is 33.9 Å². The molecule has 0 aromatic heterocycles. The van der Waals surface area contributed by atoms with Gasteiger partial charge in [-0.2, -0.15) is 0 Å². The molecule has 0 amide bonds. The number of nitro benzene ring substituents is 1. The van der Waals surface area contributed by atoms with Gasteiger partial charge >= 0.3 is 5.69 Å². The van der Waals surface area contributed by atoms with Gasteiger partial charge in [-0.3, -0.25) is 10.1 Å². The molecule has 1 unspecified atom stereocenters. The van der Waals surface area contributed by atoms with Crippen LogP contribution in [0.25, 0.3) is 0 Å². The first-order valence-electron chi connectivity index (χ1n) is 6.02. The van der Waals surface area contributed by atoms with Crippen molar-refractivity contribution in [3.63, 3.8) is 0 Å². The Kier molecular flexibility index (Phi) is 6.12. The fraction of sp³-hybridized carbons (Fsp3) is 0.538. The van der Waals surface area contributed by atoms with Gasteiger partial charge in [0.25, 0.3) is 0 Å². The van der Waals surface area contributed by atoms with E-state index in [0.717, 1.165) is 18.2 Å². The molecule has 100 valence electrons. The zero-order valence-electron chi connectivity index (χ0n) is 10.7. The van der Waals surface area contributed by atoms with E-state index in [1.54, 1.807) is 25.1 Å². The molecule has 0 aliphatic heterocycles. The van der Waals surface area contributed by atoms with Crippen LogP contribution in [0.15, 0.2) is 18.2 Å². The second-order valence-electron chi connectivity index (χ2n) is 4.30. The third kappa shape index (κ3) is 3.98. The SMILES string of the molecule is CCCC(CBr)COc1cccc(C)c1[N+](=O)[O-]. The first-order valence-corrected chi connectivity index (χ1v) is 7.15. The summed E-state index contributed by atoms with van der Waals surface area (Å²) in [5.41, 5.74) is 0.700. The van der Waals surface area contributed by atoms with E-state index in [1.807, 2.05) is 0 Å². The Hall–Kier alpha value is -1.10. The summed E-state index contributed by atoms with van der Waals surface area (Å²) in [6.07, 6.45) is 2.13. The highest BCUT2D eigenvalue weighted by molar-refractivity contribution is 9.09. The lowest BCUT2D eigenvalue weighted by molar-refractivity contribution is -0.386. The Bertz CT molecular complexity index is 409. The van der Waals surface area contributed by atoms with Gasteiger partial charge in [0, 0.05) is 16.8 Å². The molecule has 18 heavy (non-hydrogen) atoms. The quantitative estimate of drug-likeness (QED) is 0.432. The molecule has 1 atom stereocenters. The summed E-state index contributed by atoms with van der Waals surface area (Å²) >= 11 is 3.44. The molecule has 0 saturated heterocycles. The zero-order valence-corrected chi connectivity index (χ0v) is 12.3. The van der Waals surface area contributed by atoms with Gasteiger partial charge in [0.15, 0.2) is 5.75 Å². The third-order valence-electron chi connectivity index (χ3n) is 2.77. The number of benzene rings is 1. The number of rotatable bonds is 7. The second kappa shape index (κ2) is 7.36. The molecule has 0 saturated carbocycles. The van der Waals surface area contributed by atoms with E-state index in [4.69, 9.17) is 4.74 Å². The van der Waals surface area contributed by atoms with Crippen LogP contribution < -0.4 is 4.74 Å². The summed E-state index contributed by atoms with van der Waals surface area (Å²) in [6, 6.07) is 5.15. The van der Waals surface area contributed by atoms with Crippen molar-refractivity contribution < 1.29 is 9.66 Å². The van der Waals surface area contributed by atoms with Crippen molar-refractivity contribution in [2.75, 3.05) is 11.9 Å². The third-order valence-corrected chi connectivity index (χ3v) is 3.69. The Morgan fingerprint density at radius 3 is 2.78 bits per heavy atom. The maximum absolute atomic E-state index is 11.0. The Morgan fingerprint density at radius 1 is 1.50 bits per heavy atom. The van der Waals surface area contributed by atoms with E-state index in [1.165, 1.54) is 0 Å². The van der Waals surface area contributed by atoms with Crippen molar-refractivity contribution in [3.8, 4) is 5.75 Å². The molecule has 0 spiro atoms. The molecular weight excluding hydrogens is 298 g/mol. The van der Waals surface area contributed by atoms with E-state index in [2.05, 4.69) is 22.9 Å². The van der Waals surface area contributed by atoms with Gasteiger partial charge in [-0.25, -0.2) is 0 Å². The van der Waals surface area contributed by atoms with Crippen molar-refractivity contribution in [1.29, 1.82) is 0 Å². The predicted molar refractivity (Wildman–Crippen MR) is 75.5 cm³/mol. The average Bonchev–Trinajstić information content (AvgIpc) is 2.33. The summed E-state index contributed by atoms with van der Waals surface area (Å²) in [4.78, 5) is 10.6. The maximum Gasteiger partial charge on any atom is 0.313 e. The molecule has 0 aliphatic carbocycles. The van der Waals surface area contributed by atoms with Crippen LogP contribution in [0.5, 0.6) is 5.75 Å². The van der Waals surface area contributed by atoms with E-state index in [9.17, 15) is 10.1 Å². The molecule has 0 bridgehead atoms. The molecule has 1 rings (SSSR count). The summed E-state index contributed by atoms with van der Waals surface area (Å²) < 4.78 is 5.61. The number of hydrogen-bond donors (Lipinski definition) is 0. The summed E-state index contributed by atoms with van der Waals surface area (Å²) in [6.45, 7) is 4.34. The van der Waals surface area contributed by atoms with Crippen LogP contribution in [0, 0.1) is 23.0 Å². The molecule has 5 heteroatoms. The highest BCUT2D eigenvalue weighted by Gasteiger charge is 2.19. The van der Waals surface area contributed by atoms with Gasteiger partial charge in [-0.05, 0) is 19.4 Å². The molecule has 0 heterocycles. The van der Waals surface area contributed by atoms with Gasteiger partial charge in [0.05, 0.1) is 11.5 Å². The van der Waals surface area contributed by atoms with Crippen LogP contribution in [-0.2, 0) is 0 Å². The van der Waals surface area contributed by atoms with Crippen molar-refractivity contribution in [1.82, 2.24) is 0 Å². The summed E-state index contributed by atoms with van der Waals surface area (Å²) in [5.74, 6) is 0.747. The van der Waals surface area contributed by atoms with Crippen LogP contribution in [-0.4, -0.2) is 16.9 Å². The summed E-state index contributed by atoms with van der Waals surface area (Å²) in [5, 5.41) is 11.8. The number of nitro groups is 1. The van der Waals surface area contributed by atoms with E-state index >= 15 is 0 Å². The minimum absolute atomic E-state index is 0.0716. The first-order chi connectivity index (χ1) is 8.60. The van der Waals surface area contributed by atoms with E-state index in [0.29, 0.717) is 23.8 Å². The van der Waals surface area contributed by atoms with Crippen molar-refractivity contribution in [2.45, 2.75) is 26.7 Å². The fourth-order valence-corrected chi connectivity index (χ4v) is 2.31. The smallest absolute Gasteiger partial charge is 0.313 e. The molecule has 0 radical (unpaired) electrons. The van der Waals surface area contributed by atoms with Gasteiger partial charge in [-0.15, -0.1) is 0 Å². The molecule has 4 nitrogen and oxygen atoms in total. The molecular formula is C13H18BrNO3. The number of ether oxygens (including phenoxy) is 1. The number of aryl methyl sites for hydroxylation is 1. The van der Waals surface area contributed by atoms with Crippen LogP contribution in [0.3, 0.4) is 0 Å². The minimum Gasteiger partial charge on any atom is -0.486 e. The van der Waals surface area contributed by atoms with E-state index < -0.39 is 0 Å².